The highest BCUT2D eigenvalue weighted by Crippen LogP contribution is 2.23. The van der Waals surface area contributed by atoms with Crippen LogP contribution in [-0.2, 0) is 21.2 Å². The van der Waals surface area contributed by atoms with Crippen molar-refractivity contribution in [3.63, 3.8) is 0 Å². The van der Waals surface area contributed by atoms with E-state index in [4.69, 9.17) is 0 Å². The van der Waals surface area contributed by atoms with Gasteiger partial charge in [-0.05, 0) is 61.6 Å². The summed E-state index contributed by atoms with van der Waals surface area (Å²) < 4.78 is 25.8. The SMILES string of the molecule is CCc1cccc(C)c1NC(=O)CCN(c1ccc(C)c(C)c1)S(C)(=O)=O. The van der Waals surface area contributed by atoms with E-state index in [1.54, 1.807) is 6.07 Å². The molecule has 0 aliphatic carbocycles. The Kier molecular flexibility index (Phi) is 6.65. The lowest BCUT2D eigenvalue weighted by Gasteiger charge is -2.23. The summed E-state index contributed by atoms with van der Waals surface area (Å²) in [7, 11) is -3.48. The minimum absolute atomic E-state index is 0.0808. The molecule has 0 aliphatic rings. The van der Waals surface area contributed by atoms with Crippen molar-refractivity contribution in [2.45, 2.75) is 40.5 Å². The number of nitrogens with one attached hydrogen (secondary N) is 1. The Balaban J connectivity index is 2.16. The van der Waals surface area contributed by atoms with Crippen molar-refractivity contribution in [1.82, 2.24) is 0 Å². The Morgan fingerprint density at radius 1 is 1.04 bits per heavy atom. The van der Waals surface area contributed by atoms with Crippen LogP contribution in [0.25, 0.3) is 0 Å². The Bertz CT molecular complexity index is 936. The third kappa shape index (κ3) is 5.32. The van der Waals surface area contributed by atoms with Crippen LogP contribution >= 0.6 is 0 Å². The molecule has 2 rings (SSSR count). The van der Waals surface area contributed by atoms with E-state index >= 15 is 0 Å². The van der Waals surface area contributed by atoms with Gasteiger partial charge >= 0.3 is 0 Å². The van der Waals surface area contributed by atoms with E-state index in [0.29, 0.717) is 5.69 Å². The molecule has 0 bridgehead atoms. The standard InChI is InChI=1S/C21H28N2O3S/c1-6-18-9-7-8-16(3)21(18)22-20(24)12-13-23(27(5,25)26)19-11-10-15(2)17(4)14-19/h7-11,14H,6,12-13H2,1-5H3,(H,22,24). The smallest absolute Gasteiger partial charge is 0.232 e. The molecule has 2 aromatic carbocycles. The van der Waals surface area contributed by atoms with Crippen LogP contribution in [0.4, 0.5) is 11.4 Å². The molecule has 0 heterocycles. The highest BCUT2D eigenvalue weighted by molar-refractivity contribution is 7.92. The Hall–Kier alpha value is -2.34. The third-order valence-electron chi connectivity index (χ3n) is 4.73. The molecule has 0 saturated carbocycles. The van der Waals surface area contributed by atoms with E-state index in [9.17, 15) is 13.2 Å². The van der Waals surface area contributed by atoms with Gasteiger partial charge in [0.25, 0.3) is 0 Å². The lowest BCUT2D eigenvalue weighted by Crippen LogP contribution is -2.33. The number of sulfonamides is 1. The fourth-order valence-electron chi connectivity index (χ4n) is 2.97. The average Bonchev–Trinajstić information content (AvgIpc) is 2.58. The number of anilines is 2. The number of nitrogens with zero attached hydrogens (tertiary/aromatic N) is 1. The van der Waals surface area contributed by atoms with Crippen LogP contribution in [0.2, 0.25) is 0 Å². The van der Waals surface area contributed by atoms with Gasteiger partial charge in [0.2, 0.25) is 15.9 Å². The number of benzene rings is 2. The number of carbonyl (C=O) groups excluding carboxylic acids is 1. The van der Waals surface area contributed by atoms with Gasteiger partial charge in [0.1, 0.15) is 0 Å². The zero-order valence-electron chi connectivity index (χ0n) is 16.7. The lowest BCUT2D eigenvalue weighted by atomic mass is 10.1. The van der Waals surface area contributed by atoms with Crippen LogP contribution in [0.3, 0.4) is 0 Å². The minimum Gasteiger partial charge on any atom is -0.326 e. The van der Waals surface area contributed by atoms with Crippen LogP contribution in [0.15, 0.2) is 36.4 Å². The maximum Gasteiger partial charge on any atom is 0.232 e. The van der Waals surface area contributed by atoms with E-state index < -0.39 is 10.0 Å². The van der Waals surface area contributed by atoms with Gasteiger partial charge in [0, 0.05) is 18.7 Å². The van der Waals surface area contributed by atoms with Crippen LogP contribution < -0.4 is 9.62 Å². The maximum absolute atomic E-state index is 12.5. The van der Waals surface area contributed by atoms with Crippen LogP contribution in [0, 0.1) is 20.8 Å². The number of para-hydroxylation sites is 1. The molecule has 0 aromatic heterocycles. The summed E-state index contributed by atoms with van der Waals surface area (Å²) in [6.45, 7) is 8.00. The van der Waals surface area contributed by atoms with E-state index in [1.165, 1.54) is 4.31 Å². The van der Waals surface area contributed by atoms with Crippen LogP contribution in [-0.4, -0.2) is 27.1 Å². The third-order valence-corrected chi connectivity index (χ3v) is 5.92. The van der Waals surface area contributed by atoms with Gasteiger partial charge in [0.15, 0.2) is 0 Å². The van der Waals surface area contributed by atoms with E-state index in [0.717, 1.165) is 40.6 Å². The molecule has 0 atom stereocenters. The largest absolute Gasteiger partial charge is 0.326 e. The molecule has 0 radical (unpaired) electrons. The van der Waals surface area contributed by atoms with Gasteiger partial charge in [-0.2, -0.15) is 0 Å². The second-order valence-electron chi connectivity index (χ2n) is 6.86. The van der Waals surface area contributed by atoms with Gasteiger partial charge < -0.3 is 5.32 Å². The summed E-state index contributed by atoms with van der Waals surface area (Å²) in [5, 5.41) is 2.95. The predicted molar refractivity (Wildman–Crippen MR) is 112 cm³/mol. The first-order valence-corrected chi connectivity index (χ1v) is 10.9. The first-order chi connectivity index (χ1) is 12.6. The van der Waals surface area contributed by atoms with E-state index in [2.05, 4.69) is 5.32 Å². The monoisotopic (exact) mass is 388 g/mol. The number of aryl methyl sites for hydroxylation is 4. The molecule has 27 heavy (non-hydrogen) atoms. The maximum atomic E-state index is 12.5. The Morgan fingerprint density at radius 2 is 1.74 bits per heavy atom. The molecule has 5 nitrogen and oxygen atoms in total. The molecule has 1 N–H and O–H groups in total. The Labute approximate surface area is 162 Å². The molecule has 2 aromatic rings. The minimum atomic E-state index is -3.48. The summed E-state index contributed by atoms with van der Waals surface area (Å²) in [6, 6.07) is 11.4. The van der Waals surface area contributed by atoms with Crippen LogP contribution in [0.5, 0.6) is 0 Å². The van der Waals surface area contributed by atoms with Crippen molar-refractivity contribution in [2.24, 2.45) is 0 Å². The van der Waals surface area contributed by atoms with Crippen molar-refractivity contribution in [1.29, 1.82) is 0 Å². The molecule has 146 valence electrons. The zero-order valence-corrected chi connectivity index (χ0v) is 17.5. The van der Waals surface area contributed by atoms with Gasteiger partial charge in [-0.15, -0.1) is 0 Å². The van der Waals surface area contributed by atoms with Crippen molar-refractivity contribution in [3.05, 3.63) is 58.7 Å². The normalized spacial score (nSPS) is 11.3. The van der Waals surface area contributed by atoms with E-state index in [-0.39, 0.29) is 18.9 Å². The zero-order chi connectivity index (χ0) is 20.2. The topological polar surface area (TPSA) is 66.5 Å². The molecule has 6 heteroatoms. The van der Waals surface area contributed by atoms with Crippen molar-refractivity contribution >= 4 is 27.3 Å². The van der Waals surface area contributed by atoms with Crippen LogP contribution in [0.1, 0.15) is 35.6 Å². The Morgan fingerprint density at radius 3 is 2.33 bits per heavy atom. The molecule has 0 aliphatic heterocycles. The highest BCUT2D eigenvalue weighted by atomic mass is 32.2. The molecular weight excluding hydrogens is 360 g/mol. The summed E-state index contributed by atoms with van der Waals surface area (Å²) in [4.78, 5) is 12.5. The molecule has 0 saturated heterocycles. The summed E-state index contributed by atoms with van der Waals surface area (Å²) in [5.74, 6) is -0.198. The fraction of sp³-hybridized carbons (Fsp3) is 0.381. The molecule has 0 fully saturated rings. The number of carbonyl (C=O) groups is 1. The summed E-state index contributed by atoms with van der Waals surface area (Å²) in [5.41, 5.74) is 5.57. The quantitative estimate of drug-likeness (QED) is 0.780. The summed E-state index contributed by atoms with van der Waals surface area (Å²) in [6.07, 6.45) is 2.06. The number of hydrogen-bond donors (Lipinski definition) is 1. The van der Waals surface area contributed by atoms with Gasteiger partial charge in [-0.1, -0.05) is 31.2 Å². The number of amides is 1. The molecule has 1 amide bonds. The highest BCUT2D eigenvalue weighted by Gasteiger charge is 2.19. The van der Waals surface area contributed by atoms with E-state index in [1.807, 2.05) is 58.0 Å². The fourth-order valence-corrected chi connectivity index (χ4v) is 3.89. The number of hydrogen-bond acceptors (Lipinski definition) is 3. The van der Waals surface area contributed by atoms with Gasteiger partial charge in [-0.25, -0.2) is 8.42 Å². The van der Waals surface area contributed by atoms with Gasteiger partial charge in [0.05, 0.1) is 11.9 Å². The van der Waals surface area contributed by atoms with Crippen molar-refractivity contribution in [3.8, 4) is 0 Å². The molecule has 0 spiro atoms. The first kappa shape index (κ1) is 21.0. The second kappa shape index (κ2) is 8.57. The molecular formula is C21H28N2O3S. The van der Waals surface area contributed by atoms with Gasteiger partial charge in [-0.3, -0.25) is 9.10 Å². The van der Waals surface area contributed by atoms with Crippen molar-refractivity contribution in [2.75, 3.05) is 22.4 Å². The predicted octanol–water partition coefficient (Wildman–Crippen LogP) is 3.97. The molecule has 0 unspecified atom stereocenters. The van der Waals surface area contributed by atoms with Crippen molar-refractivity contribution < 1.29 is 13.2 Å². The average molecular weight is 389 g/mol. The first-order valence-electron chi connectivity index (χ1n) is 9.06. The number of rotatable bonds is 7. The summed E-state index contributed by atoms with van der Waals surface area (Å²) >= 11 is 0. The second-order valence-corrected chi connectivity index (χ2v) is 8.77. The lowest BCUT2D eigenvalue weighted by molar-refractivity contribution is -0.116.